The quantitative estimate of drug-likeness (QED) is 0.704. The highest BCUT2D eigenvalue weighted by molar-refractivity contribution is 5.68. The van der Waals surface area contributed by atoms with Crippen LogP contribution >= 0.6 is 0 Å². The molecule has 106 valence electrons. The van der Waals surface area contributed by atoms with E-state index in [2.05, 4.69) is 5.32 Å². The van der Waals surface area contributed by atoms with E-state index in [0.717, 1.165) is 0 Å². The summed E-state index contributed by atoms with van der Waals surface area (Å²) in [6, 6.07) is 2.72. The first kappa shape index (κ1) is 13.9. The minimum Gasteiger partial charge on any atom is -0.491 e. The van der Waals surface area contributed by atoms with Crippen molar-refractivity contribution in [1.82, 2.24) is 0 Å². The molecule has 1 aromatic rings. The van der Waals surface area contributed by atoms with Crippen LogP contribution in [-0.4, -0.2) is 37.1 Å². The number of benzene rings is 1. The van der Waals surface area contributed by atoms with E-state index >= 15 is 0 Å². The molecule has 6 heteroatoms. The van der Waals surface area contributed by atoms with Crippen LogP contribution in [0.1, 0.15) is 13.3 Å². The Morgan fingerprint density at radius 2 is 2.37 bits per heavy atom. The van der Waals surface area contributed by atoms with Gasteiger partial charge in [0.15, 0.2) is 11.6 Å². The number of rotatable bonds is 5. The number of ether oxygens (including phenoxy) is 2. The van der Waals surface area contributed by atoms with Crippen molar-refractivity contribution in [1.29, 1.82) is 0 Å². The minimum absolute atomic E-state index is 0.147. The predicted molar refractivity (Wildman–Crippen MR) is 70.9 cm³/mol. The van der Waals surface area contributed by atoms with Gasteiger partial charge in [0.25, 0.3) is 0 Å². The first-order valence-corrected chi connectivity index (χ1v) is 6.30. The standard InChI is InChI=1S/C13H19FN2O3/c1-2-19-12-6-11(10(15)5-9(12)14)16-7-13(17)3-4-18-8-13/h5-6,16-17H,2-4,7-8,15H2,1H3. The number of nitrogens with one attached hydrogen (secondary N) is 1. The molecule has 1 atom stereocenters. The van der Waals surface area contributed by atoms with Gasteiger partial charge in [-0.15, -0.1) is 0 Å². The van der Waals surface area contributed by atoms with Gasteiger partial charge in [-0.25, -0.2) is 4.39 Å². The molecule has 0 aromatic heterocycles. The fourth-order valence-corrected chi connectivity index (χ4v) is 1.98. The average molecular weight is 270 g/mol. The van der Waals surface area contributed by atoms with Crippen LogP contribution in [-0.2, 0) is 4.74 Å². The third-order valence-corrected chi connectivity index (χ3v) is 3.09. The summed E-state index contributed by atoms with van der Waals surface area (Å²) < 4.78 is 23.9. The van der Waals surface area contributed by atoms with Crippen LogP contribution in [0.25, 0.3) is 0 Å². The van der Waals surface area contributed by atoms with Crippen molar-refractivity contribution >= 4 is 11.4 Å². The lowest BCUT2D eigenvalue weighted by Gasteiger charge is -2.22. The third kappa shape index (κ3) is 3.27. The van der Waals surface area contributed by atoms with Crippen LogP contribution in [0, 0.1) is 5.82 Å². The maximum Gasteiger partial charge on any atom is 0.167 e. The summed E-state index contributed by atoms with van der Waals surface area (Å²) in [6.07, 6.45) is 0.569. The molecule has 0 bridgehead atoms. The largest absolute Gasteiger partial charge is 0.491 e. The topological polar surface area (TPSA) is 76.7 Å². The highest BCUT2D eigenvalue weighted by atomic mass is 19.1. The maximum absolute atomic E-state index is 13.5. The fraction of sp³-hybridized carbons (Fsp3) is 0.538. The Morgan fingerprint density at radius 3 is 3.00 bits per heavy atom. The summed E-state index contributed by atoms with van der Waals surface area (Å²) in [7, 11) is 0. The number of halogens is 1. The Labute approximate surface area is 111 Å². The third-order valence-electron chi connectivity index (χ3n) is 3.09. The molecule has 1 unspecified atom stereocenters. The normalized spacial score (nSPS) is 22.5. The zero-order valence-electron chi connectivity index (χ0n) is 10.9. The second-order valence-corrected chi connectivity index (χ2v) is 4.68. The van der Waals surface area contributed by atoms with E-state index in [9.17, 15) is 9.50 Å². The molecule has 1 aromatic carbocycles. The summed E-state index contributed by atoms with van der Waals surface area (Å²) in [6.45, 7) is 3.29. The number of nitrogen functional groups attached to an aromatic ring is 1. The number of hydrogen-bond donors (Lipinski definition) is 3. The van der Waals surface area contributed by atoms with Gasteiger partial charge in [-0.3, -0.25) is 0 Å². The lowest BCUT2D eigenvalue weighted by Crippen LogP contribution is -2.37. The Balaban J connectivity index is 2.08. The lowest BCUT2D eigenvalue weighted by molar-refractivity contribution is 0.0382. The van der Waals surface area contributed by atoms with Gasteiger partial charge in [-0.1, -0.05) is 0 Å². The summed E-state index contributed by atoms with van der Waals surface area (Å²) >= 11 is 0. The molecular weight excluding hydrogens is 251 g/mol. The van der Waals surface area contributed by atoms with Gasteiger partial charge in [0.1, 0.15) is 5.60 Å². The highest BCUT2D eigenvalue weighted by Crippen LogP contribution is 2.29. The van der Waals surface area contributed by atoms with Crippen LogP contribution in [0.5, 0.6) is 5.75 Å². The first-order chi connectivity index (χ1) is 9.04. The number of hydrogen-bond acceptors (Lipinski definition) is 5. The molecule has 0 amide bonds. The van der Waals surface area contributed by atoms with Crippen molar-refractivity contribution in [3.05, 3.63) is 17.9 Å². The summed E-state index contributed by atoms with van der Waals surface area (Å²) in [5.41, 5.74) is 5.67. The molecule has 4 N–H and O–H groups in total. The second-order valence-electron chi connectivity index (χ2n) is 4.68. The minimum atomic E-state index is -0.896. The Kier molecular flexibility index (Phi) is 4.11. The maximum atomic E-state index is 13.5. The van der Waals surface area contributed by atoms with Crippen molar-refractivity contribution < 1.29 is 19.0 Å². The monoisotopic (exact) mass is 270 g/mol. The smallest absolute Gasteiger partial charge is 0.167 e. The predicted octanol–water partition coefficient (Wildman–Crippen LogP) is 1.37. The number of nitrogens with two attached hydrogens (primary N) is 1. The molecule has 1 saturated heterocycles. The van der Waals surface area contributed by atoms with Gasteiger partial charge < -0.3 is 25.6 Å². The van der Waals surface area contributed by atoms with Gasteiger partial charge in [0.05, 0.1) is 24.6 Å². The fourth-order valence-electron chi connectivity index (χ4n) is 1.98. The van der Waals surface area contributed by atoms with Crippen molar-refractivity contribution in [2.75, 3.05) is 37.4 Å². The SMILES string of the molecule is CCOc1cc(NCC2(O)CCOC2)c(N)cc1F. The van der Waals surface area contributed by atoms with Crippen molar-refractivity contribution in [2.45, 2.75) is 18.9 Å². The molecule has 5 nitrogen and oxygen atoms in total. The van der Waals surface area contributed by atoms with E-state index in [1.807, 2.05) is 0 Å². The molecule has 1 fully saturated rings. The van der Waals surface area contributed by atoms with E-state index in [1.165, 1.54) is 12.1 Å². The van der Waals surface area contributed by atoms with Crippen LogP contribution in [0.2, 0.25) is 0 Å². The van der Waals surface area contributed by atoms with Gasteiger partial charge >= 0.3 is 0 Å². The number of anilines is 2. The van der Waals surface area contributed by atoms with Crippen LogP contribution in [0.15, 0.2) is 12.1 Å². The number of aliphatic hydroxyl groups is 1. The Bertz CT molecular complexity index is 448. The zero-order valence-corrected chi connectivity index (χ0v) is 10.9. The lowest BCUT2D eigenvalue weighted by atomic mass is 10.0. The van der Waals surface area contributed by atoms with Gasteiger partial charge in [-0.2, -0.15) is 0 Å². The Hall–Kier alpha value is -1.53. The van der Waals surface area contributed by atoms with E-state index in [0.29, 0.717) is 38.5 Å². The molecule has 2 rings (SSSR count). The average Bonchev–Trinajstić information content (AvgIpc) is 2.79. The molecule has 0 saturated carbocycles. The molecule has 0 aliphatic carbocycles. The first-order valence-electron chi connectivity index (χ1n) is 6.30. The van der Waals surface area contributed by atoms with Gasteiger partial charge in [0.2, 0.25) is 0 Å². The van der Waals surface area contributed by atoms with Gasteiger partial charge in [-0.05, 0) is 6.92 Å². The van der Waals surface area contributed by atoms with E-state index in [-0.39, 0.29) is 11.4 Å². The molecule has 1 aliphatic rings. The molecule has 19 heavy (non-hydrogen) atoms. The van der Waals surface area contributed by atoms with Gasteiger partial charge in [0, 0.05) is 31.7 Å². The zero-order chi connectivity index (χ0) is 13.9. The molecule has 0 spiro atoms. The van der Waals surface area contributed by atoms with Crippen LogP contribution in [0.3, 0.4) is 0 Å². The van der Waals surface area contributed by atoms with E-state index in [1.54, 1.807) is 6.92 Å². The highest BCUT2D eigenvalue weighted by Gasteiger charge is 2.32. The van der Waals surface area contributed by atoms with Crippen molar-refractivity contribution in [3.8, 4) is 5.75 Å². The molecule has 1 heterocycles. The second kappa shape index (κ2) is 5.63. The molecular formula is C13H19FN2O3. The van der Waals surface area contributed by atoms with E-state index in [4.69, 9.17) is 15.2 Å². The van der Waals surface area contributed by atoms with E-state index < -0.39 is 11.4 Å². The van der Waals surface area contributed by atoms with Crippen LogP contribution < -0.4 is 15.8 Å². The summed E-state index contributed by atoms with van der Waals surface area (Å²) in [4.78, 5) is 0. The summed E-state index contributed by atoms with van der Waals surface area (Å²) in [5, 5.41) is 13.2. The van der Waals surface area contributed by atoms with Crippen molar-refractivity contribution in [3.63, 3.8) is 0 Å². The van der Waals surface area contributed by atoms with Crippen molar-refractivity contribution in [2.24, 2.45) is 0 Å². The summed E-state index contributed by atoms with van der Waals surface area (Å²) in [5.74, 6) is -0.346. The molecule has 0 radical (unpaired) electrons. The Morgan fingerprint density at radius 1 is 1.58 bits per heavy atom. The van der Waals surface area contributed by atoms with Crippen LogP contribution in [0.4, 0.5) is 15.8 Å². The molecule has 1 aliphatic heterocycles.